The van der Waals surface area contributed by atoms with Crippen LogP contribution in [0.3, 0.4) is 0 Å². The summed E-state index contributed by atoms with van der Waals surface area (Å²) in [7, 11) is 0. The Morgan fingerprint density at radius 1 is 1.03 bits per heavy atom. The largest absolute Gasteiger partial charge is 0.481 e. The lowest BCUT2D eigenvalue weighted by Gasteiger charge is -2.23. The van der Waals surface area contributed by atoms with Crippen molar-refractivity contribution in [2.45, 2.75) is 48.3 Å². The molecule has 1 N–H and O–H groups in total. The van der Waals surface area contributed by atoms with Gasteiger partial charge in [0.15, 0.2) is 0 Å². The van der Waals surface area contributed by atoms with Crippen LogP contribution in [0, 0.1) is 17.8 Å². The molecule has 2 unspecified atom stereocenters. The monoisotopic (exact) mass is 478 g/mol. The zero-order valence-electron chi connectivity index (χ0n) is 19.2. The first-order chi connectivity index (χ1) is 16.6. The van der Waals surface area contributed by atoms with Crippen LogP contribution in [-0.4, -0.2) is 63.3 Å². The number of carbonyl (C=O) groups excluding carboxylic acids is 1. The van der Waals surface area contributed by atoms with Gasteiger partial charge in [0.25, 0.3) is 5.91 Å². The summed E-state index contributed by atoms with van der Waals surface area (Å²) in [5.41, 5.74) is 1.90. The summed E-state index contributed by atoms with van der Waals surface area (Å²) < 4.78 is 0. The topological polar surface area (TPSA) is 86.6 Å². The van der Waals surface area contributed by atoms with E-state index >= 15 is 0 Å². The first-order valence-corrected chi connectivity index (χ1v) is 13.3. The second-order valence-electron chi connectivity index (χ2n) is 10.2. The Labute approximate surface area is 204 Å². The highest BCUT2D eigenvalue weighted by Gasteiger charge is 2.60. The molecular formula is C26H30N4O3S. The van der Waals surface area contributed by atoms with Crippen LogP contribution in [0.2, 0.25) is 0 Å². The molecule has 4 atom stereocenters. The first kappa shape index (κ1) is 21.9. The van der Waals surface area contributed by atoms with Crippen molar-refractivity contribution in [1.29, 1.82) is 0 Å². The molecule has 2 saturated heterocycles. The molecule has 2 saturated carbocycles. The van der Waals surface area contributed by atoms with Gasteiger partial charge in [-0.2, -0.15) is 0 Å². The number of rotatable bonds is 6. The summed E-state index contributed by atoms with van der Waals surface area (Å²) in [6.45, 7) is 2.95. The summed E-state index contributed by atoms with van der Waals surface area (Å²) in [5, 5.41) is 10.7. The average molecular weight is 479 g/mol. The van der Waals surface area contributed by atoms with Crippen LogP contribution in [0.5, 0.6) is 0 Å². The van der Waals surface area contributed by atoms with E-state index in [9.17, 15) is 14.7 Å². The zero-order chi connectivity index (χ0) is 23.2. The highest BCUT2D eigenvalue weighted by Crippen LogP contribution is 2.52. The van der Waals surface area contributed by atoms with Gasteiger partial charge in [0, 0.05) is 49.7 Å². The highest BCUT2D eigenvalue weighted by molar-refractivity contribution is 7.99. The maximum absolute atomic E-state index is 13.6. The molecule has 34 heavy (non-hydrogen) atoms. The maximum atomic E-state index is 13.6. The molecule has 0 spiro atoms. The molecule has 7 nitrogen and oxygen atoms in total. The molecule has 2 aromatic rings. The van der Waals surface area contributed by atoms with Crippen molar-refractivity contribution in [2.24, 2.45) is 17.8 Å². The fraction of sp³-hybridized carbons (Fsp3) is 0.538. The number of likely N-dealkylation sites (tertiary alicyclic amines) is 1. The molecule has 4 fully saturated rings. The second kappa shape index (κ2) is 8.87. The number of hydrogen-bond acceptors (Lipinski definition) is 6. The van der Waals surface area contributed by atoms with Crippen molar-refractivity contribution in [2.75, 3.05) is 31.1 Å². The van der Waals surface area contributed by atoms with Crippen LogP contribution in [-0.2, 0) is 4.79 Å². The molecule has 0 aromatic carbocycles. The molecule has 2 aliphatic heterocycles. The lowest BCUT2D eigenvalue weighted by molar-refractivity contribution is -0.139. The molecule has 6 rings (SSSR count). The van der Waals surface area contributed by atoms with Crippen LogP contribution in [0.15, 0.2) is 41.7 Å². The van der Waals surface area contributed by atoms with E-state index in [-0.39, 0.29) is 23.7 Å². The van der Waals surface area contributed by atoms with Crippen molar-refractivity contribution in [1.82, 2.24) is 14.9 Å². The molecular weight excluding hydrogens is 448 g/mol. The van der Waals surface area contributed by atoms with Gasteiger partial charge in [-0.25, -0.2) is 4.98 Å². The molecule has 178 valence electrons. The fourth-order valence-corrected chi connectivity index (χ4v) is 7.42. The molecule has 8 heteroatoms. The molecule has 1 amide bonds. The van der Waals surface area contributed by atoms with Crippen LogP contribution in [0.4, 0.5) is 5.82 Å². The van der Waals surface area contributed by atoms with Crippen LogP contribution in [0.1, 0.15) is 53.9 Å². The van der Waals surface area contributed by atoms with E-state index in [0.29, 0.717) is 23.3 Å². The van der Waals surface area contributed by atoms with Crippen LogP contribution in [0.25, 0.3) is 0 Å². The molecule has 4 heterocycles. The van der Waals surface area contributed by atoms with Gasteiger partial charge in [-0.3, -0.25) is 14.6 Å². The Balaban J connectivity index is 1.21. The number of carboxylic acid groups (broad SMARTS) is 1. The minimum atomic E-state index is -0.670. The third-order valence-electron chi connectivity index (χ3n) is 8.09. The zero-order valence-corrected chi connectivity index (χ0v) is 20.0. The SMILES string of the molecule is O=C(O)C1[C@H]2CN(c3ccc(C(=O)N4CCC(c5cccnc5)C4)c(SC4CCCC4)n3)C[C@@H]12. The van der Waals surface area contributed by atoms with Crippen molar-refractivity contribution in [3.8, 4) is 0 Å². The van der Waals surface area contributed by atoms with Crippen molar-refractivity contribution >= 4 is 29.5 Å². The number of amides is 1. The van der Waals surface area contributed by atoms with Gasteiger partial charge in [0.05, 0.1) is 11.5 Å². The average Bonchev–Trinajstić information content (AvgIpc) is 3.35. The number of aliphatic carboxylic acids is 1. The summed E-state index contributed by atoms with van der Waals surface area (Å²) in [6, 6.07) is 7.97. The number of piperidine rings is 1. The normalized spacial score (nSPS) is 28.4. The Bertz CT molecular complexity index is 1080. The van der Waals surface area contributed by atoms with Gasteiger partial charge in [-0.1, -0.05) is 18.9 Å². The Morgan fingerprint density at radius 2 is 1.82 bits per heavy atom. The van der Waals surface area contributed by atoms with Crippen molar-refractivity contribution in [3.63, 3.8) is 0 Å². The lowest BCUT2D eigenvalue weighted by Crippen LogP contribution is -2.30. The molecule has 2 aliphatic carbocycles. The number of carboxylic acids is 1. The standard InChI is InChI=1S/C26H30N4O3S/c31-25(29-11-9-17(13-29)16-4-3-10-27-12-16)19-7-8-22(28-24(19)34-18-5-1-2-6-18)30-14-20-21(15-30)23(20)26(32)33/h3-4,7-8,10,12,17-18,20-21,23H,1-2,5-6,9,11,13-15H2,(H,32,33)/t17?,20-,21+,23?. The Morgan fingerprint density at radius 3 is 2.53 bits per heavy atom. The highest BCUT2D eigenvalue weighted by atomic mass is 32.2. The smallest absolute Gasteiger partial charge is 0.307 e. The number of pyridine rings is 2. The van der Waals surface area contributed by atoms with Gasteiger partial charge in [0.1, 0.15) is 10.8 Å². The van der Waals surface area contributed by atoms with Crippen molar-refractivity contribution in [3.05, 3.63) is 47.8 Å². The number of fused-ring (bicyclic) bond motifs is 1. The number of carbonyl (C=O) groups is 2. The van der Waals surface area contributed by atoms with Gasteiger partial charge >= 0.3 is 5.97 Å². The summed E-state index contributed by atoms with van der Waals surface area (Å²) in [6.07, 6.45) is 9.47. The van der Waals surface area contributed by atoms with Gasteiger partial charge in [-0.05, 0) is 54.9 Å². The molecule has 0 bridgehead atoms. The van der Waals surface area contributed by atoms with Crippen molar-refractivity contribution < 1.29 is 14.7 Å². The summed E-state index contributed by atoms with van der Waals surface area (Å²) >= 11 is 1.76. The van der Waals surface area contributed by atoms with Crippen LogP contribution >= 0.6 is 11.8 Å². The number of thioether (sulfide) groups is 1. The van der Waals surface area contributed by atoms with Gasteiger partial charge < -0.3 is 14.9 Å². The van der Waals surface area contributed by atoms with E-state index in [1.165, 1.54) is 31.2 Å². The number of hydrogen-bond donors (Lipinski definition) is 1. The van der Waals surface area contributed by atoms with E-state index in [1.807, 2.05) is 29.3 Å². The predicted molar refractivity (Wildman–Crippen MR) is 130 cm³/mol. The predicted octanol–water partition coefficient (Wildman–Crippen LogP) is 3.91. The summed E-state index contributed by atoms with van der Waals surface area (Å²) in [4.78, 5) is 38.4. The minimum Gasteiger partial charge on any atom is -0.481 e. The molecule has 0 radical (unpaired) electrons. The van der Waals surface area contributed by atoms with E-state index in [2.05, 4.69) is 16.0 Å². The fourth-order valence-electron chi connectivity index (χ4n) is 6.11. The Kier molecular flexibility index (Phi) is 5.71. The minimum absolute atomic E-state index is 0.0705. The lowest BCUT2D eigenvalue weighted by atomic mass is 10.0. The molecule has 2 aromatic heterocycles. The number of aromatic nitrogens is 2. The third kappa shape index (κ3) is 4.06. The maximum Gasteiger partial charge on any atom is 0.307 e. The van der Waals surface area contributed by atoms with Crippen LogP contribution < -0.4 is 4.90 Å². The first-order valence-electron chi connectivity index (χ1n) is 12.4. The van der Waals surface area contributed by atoms with E-state index in [4.69, 9.17) is 4.98 Å². The summed E-state index contributed by atoms with van der Waals surface area (Å²) in [5.74, 6) is 0.892. The number of anilines is 1. The van der Waals surface area contributed by atoms with E-state index < -0.39 is 5.97 Å². The second-order valence-corrected chi connectivity index (χ2v) is 11.5. The molecule has 4 aliphatic rings. The van der Waals surface area contributed by atoms with E-state index in [0.717, 1.165) is 36.9 Å². The third-order valence-corrected chi connectivity index (χ3v) is 9.43. The van der Waals surface area contributed by atoms with Gasteiger partial charge in [0.2, 0.25) is 0 Å². The Hall–Kier alpha value is -2.61. The van der Waals surface area contributed by atoms with Gasteiger partial charge in [-0.15, -0.1) is 11.8 Å². The van der Waals surface area contributed by atoms with E-state index in [1.54, 1.807) is 18.0 Å². The number of nitrogens with zero attached hydrogens (tertiary/aromatic N) is 4. The quantitative estimate of drug-likeness (QED) is 0.674.